The van der Waals surface area contributed by atoms with Gasteiger partial charge in [-0.25, -0.2) is 0 Å². The van der Waals surface area contributed by atoms with Crippen LogP contribution in [-0.4, -0.2) is 41.8 Å². The fourth-order valence-corrected chi connectivity index (χ4v) is 4.08. The minimum Gasteiger partial charge on any atom is -0.491 e. The number of rotatable bonds is 8. The van der Waals surface area contributed by atoms with Crippen LogP contribution in [-0.2, 0) is 4.79 Å². The Morgan fingerprint density at radius 2 is 1.56 bits per heavy atom. The summed E-state index contributed by atoms with van der Waals surface area (Å²) >= 11 is 0. The van der Waals surface area contributed by atoms with Gasteiger partial charge < -0.3 is 10.1 Å². The highest BCUT2D eigenvalue weighted by molar-refractivity contribution is 6.22. The van der Waals surface area contributed by atoms with Gasteiger partial charge in [0.15, 0.2) is 0 Å². The van der Waals surface area contributed by atoms with Gasteiger partial charge in [0.2, 0.25) is 5.91 Å². The molecule has 0 saturated carbocycles. The van der Waals surface area contributed by atoms with Crippen LogP contribution < -0.4 is 10.1 Å². The summed E-state index contributed by atoms with van der Waals surface area (Å²) in [6, 6.07) is 19.6. The number of amides is 3. The van der Waals surface area contributed by atoms with E-state index in [1.807, 2.05) is 56.3 Å². The molecule has 3 aromatic rings. The van der Waals surface area contributed by atoms with Crippen LogP contribution in [0.25, 0.3) is 10.8 Å². The Hall–Kier alpha value is -3.67. The van der Waals surface area contributed by atoms with Crippen molar-refractivity contribution in [2.24, 2.45) is 5.92 Å². The lowest BCUT2D eigenvalue weighted by Crippen LogP contribution is -2.53. The number of imide groups is 1. The number of benzene rings is 3. The van der Waals surface area contributed by atoms with Crippen LogP contribution in [0.15, 0.2) is 66.7 Å². The summed E-state index contributed by atoms with van der Waals surface area (Å²) in [7, 11) is 0. The van der Waals surface area contributed by atoms with Crippen molar-refractivity contribution in [3.8, 4) is 5.75 Å². The summed E-state index contributed by atoms with van der Waals surface area (Å²) in [6.07, 6.45) is 0.651. The molecule has 4 rings (SSSR count). The lowest BCUT2D eigenvalue weighted by molar-refractivity contribution is -0.126. The van der Waals surface area contributed by atoms with Crippen molar-refractivity contribution in [1.29, 1.82) is 0 Å². The largest absolute Gasteiger partial charge is 0.491 e. The highest BCUT2D eigenvalue weighted by atomic mass is 16.5. The second-order valence-corrected chi connectivity index (χ2v) is 7.97. The Labute approximate surface area is 187 Å². The molecule has 6 nitrogen and oxygen atoms in total. The first-order valence-electron chi connectivity index (χ1n) is 10.9. The minimum absolute atomic E-state index is 0.184. The third-order valence-electron chi connectivity index (χ3n) is 5.96. The van der Waals surface area contributed by atoms with E-state index in [-0.39, 0.29) is 25.0 Å². The third-order valence-corrected chi connectivity index (χ3v) is 5.96. The first kappa shape index (κ1) is 21.6. The SMILES string of the molecule is CCC(C)C(C(=O)NCCOc1cccc2ccccc12)N1C(=O)c2ccccc2C1=O. The molecule has 3 aromatic carbocycles. The highest BCUT2D eigenvalue weighted by Gasteiger charge is 2.44. The zero-order valence-corrected chi connectivity index (χ0v) is 18.2. The average Bonchev–Trinajstić information content (AvgIpc) is 3.07. The van der Waals surface area contributed by atoms with Crippen LogP contribution in [0.2, 0.25) is 0 Å². The number of carbonyl (C=O) groups excluding carboxylic acids is 3. The van der Waals surface area contributed by atoms with Gasteiger partial charge in [-0.2, -0.15) is 0 Å². The molecule has 0 aromatic heterocycles. The molecule has 2 atom stereocenters. The Balaban J connectivity index is 1.43. The van der Waals surface area contributed by atoms with E-state index in [0.717, 1.165) is 21.4 Å². The quantitative estimate of drug-likeness (QED) is 0.432. The van der Waals surface area contributed by atoms with Crippen molar-refractivity contribution < 1.29 is 19.1 Å². The topological polar surface area (TPSA) is 75.7 Å². The number of carbonyl (C=O) groups is 3. The van der Waals surface area contributed by atoms with Crippen LogP contribution in [0.5, 0.6) is 5.75 Å². The molecule has 6 heteroatoms. The monoisotopic (exact) mass is 430 g/mol. The smallest absolute Gasteiger partial charge is 0.262 e. The summed E-state index contributed by atoms with van der Waals surface area (Å²) in [6.45, 7) is 4.35. The number of fused-ring (bicyclic) bond motifs is 2. The fourth-order valence-electron chi connectivity index (χ4n) is 4.08. The second-order valence-electron chi connectivity index (χ2n) is 7.97. The molecule has 1 aliphatic rings. The number of hydrogen-bond acceptors (Lipinski definition) is 4. The maximum absolute atomic E-state index is 13.1. The molecule has 0 saturated heterocycles. The van der Waals surface area contributed by atoms with E-state index >= 15 is 0 Å². The van der Waals surface area contributed by atoms with Crippen LogP contribution >= 0.6 is 0 Å². The summed E-state index contributed by atoms with van der Waals surface area (Å²) in [5.41, 5.74) is 0.691. The lowest BCUT2D eigenvalue weighted by atomic mass is 9.96. The van der Waals surface area contributed by atoms with Crippen LogP contribution in [0.3, 0.4) is 0 Å². The molecule has 0 fully saturated rings. The van der Waals surface area contributed by atoms with E-state index in [1.54, 1.807) is 24.3 Å². The van der Waals surface area contributed by atoms with Crippen molar-refractivity contribution >= 4 is 28.5 Å². The van der Waals surface area contributed by atoms with E-state index < -0.39 is 17.9 Å². The average molecular weight is 431 g/mol. The molecular formula is C26H26N2O4. The molecule has 0 spiro atoms. The molecule has 164 valence electrons. The normalized spacial score (nSPS) is 14.9. The highest BCUT2D eigenvalue weighted by Crippen LogP contribution is 2.28. The number of ether oxygens (including phenoxy) is 1. The van der Waals surface area contributed by atoms with Crippen molar-refractivity contribution in [3.05, 3.63) is 77.9 Å². The van der Waals surface area contributed by atoms with Gasteiger partial charge in [-0.1, -0.05) is 68.8 Å². The van der Waals surface area contributed by atoms with E-state index in [0.29, 0.717) is 17.5 Å². The Kier molecular flexibility index (Phi) is 6.21. The predicted molar refractivity (Wildman–Crippen MR) is 123 cm³/mol. The van der Waals surface area contributed by atoms with Crippen molar-refractivity contribution in [1.82, 2.24) is 10.2 Å². The zero-order valence-electron chi connectivity index (χ0n) is 18.2. The number of hydrogen-bond donors (Lipinski definition) is 1. The van der Waals surface area contributed by atoms with Gasteiger partial charge in [0.25, 0.3) is 11.8 Å². The molecule has 1 N–H and O–H groups in total. The molecule has 0 radical (unpaired) electrons. The standard InChI is InChI=1S/C26H26N2O4/c1-3-17(2)23(28-25(30)20-12-6-7-13-21(20)26(28)31)24(29)27-15-16-32-22-14-8-10-18-9-4-5-11-19(18)22/h4-14,17,23H,3,15-16H2,1-2H3,(H,27,29). The van der Waals surface area contributed by atoms with Gasteiger partial charge >= 0.3 is 0 Å². The van der Waals surface area contributed by atoms with Gasteiger partial charge in [-0.15, -0.1) is 0 Å². The molecule has 1 aliphatic heterocycles. The first-order valence-corrected chi connectivity index (χ1v) is 10.9. The van der Waals surface area contributed by atoms with Gasteiger partial charge in [-0.05, 0) is 29.5 Å². The lowest BCUT2D eigenvalue weighted by Gasteiger charge is -2.29. The molecule has 1 heterocycles. The van der Waals surface area contributed by atoms with Gasteiger partial charge in [0.05, 0.1) is 17.7 Å². The van der Waals surface area contributed by atoms with Crippen molar-refractivity contribution in [3.63, 3.8) is 0 Å². The Morgan fingerprint density at radius 1 is 0.938 bits per heavy atom. The molecular weight excluding hydrogens is 404 g/mol. The van der Waals surface area contributed by atoms with E-state index in [2.05, 4.69) is 5.32 Å². The zero-order chi connectivity index (χ0) is 22.7. The van der Waals surface area contributed by atoms with E-state index in [9.17, 15) is 14.4 Å². The summed E-state index contributed by atoms with van der Waals surface area (Å²) in [5, 5.41) is 4.94. The minimum atomic E-state index is -0.870. The second kappa shape index (κ2) is 9.22. The molecule has 3 amide bonds. The maximum atomic E-state index is 13.1. The molecule has 2 unspecified atom stereocenters. The van der Waals surface area contributed by atoms with Gasteiger partial charge in [0, 0.05) is 5.39 Å². The van der Waals surface area contributed by atoms with E-state index in [4.69, 9.17) is 4.74 Å². The summed E-state index contributed by atoms with van der Waals surface area (Å²) in [4.78, 5) is 40.0. The molecule has 32 heavy (non-hydrogen) atoms. The maximum Gasteiger partial charge on any atom is 0.262 e. The summed E-state index contributed by atoms with van der Waals surface area (Å²) < 4.78 is 5.89. The first-order chi connectivity index (χ1) is 15.5. The third kappa shape index (κ3) is 3.96. The van der Waals surface area contributed by atoms with E-state index in [1.165, 1.54) is 0 Å². The summed E-state index contributed by atoms with van der Waals surface area (Å²) in [5.74, 6) is -0.626. The van der Waals surface area contributed by atoms with Crippen LogP contribution in [0, 0.1) is 5.92 Å². The van der Waals surface area contributed by atoms with Crippen LogP contribution in [0.4, 0.5) is 0 Å². The van der Waals surface area contributed by atoms with Crippen molar-refractivity contribution in [2.45, 2.75) is 26.3 Å². The van der Waals surface area contributed by atoms with Gasteiger partial charge in [-0.3, -0.25) is 19.3 Å². The Bertz CT molecular complexity index is 1130. The number of nitrogens with zero attached hydrogens (tertiary/aromatic N) is 1. The van der Waals surface area contributed by atoms with Crippen molar-refractivity contribution in [2.75, 3.05) is 13.2 Å². The van der Waals surface area contributed by atoms with Crippen LogP contribution in [0.1, 0.15) is 41.0 Å². The molecule has 0 bridgehead atoms. The molecule has 0 aliphatic carbocycles. The predicted octanol–water partition coefficient (Wildman–Crippen LogP) is 4.05. The number of nitrogens with one attached hydrogen (secondary N) is 1. The van der Waals surface area contributed by atoms with Gasteiger partial charge in [0.1, 0.15) is 18.4 Å². The Morgan fingerprint density at radius 3 is 2.25 bits per heavy atom. The fraction of sp³-hybridized carbons (Fsp3) is 0.269.